The third kappa shape index (κ3) is 4.07. The van der Waals surface area contributed by atoms with Crippen molar-refractivity contribution in [1.82, 2.24) is 4.90 Å². The molecule has 0 radical (unpaired) electrons. The lowest BCUT2D eigenvalue weighted by atomic mass is 9.87. The van der Waals surface area contributed by atoms with Gasteiger partial charge in [-0.3, -0.25) is 0 Å². The molecule has 0 bridgehead atoms. The molecule has 15 heavy (non-hydrogen) atoms. The lowest BCUT2D eigenvalue weighted by Crippen LogP contribution is -2.42. The van der Waals surface area contributed by atoms with Crippen molar-refractivity contribution in [2.45, 2.75) is 34.1 Å². The highest BCUT2D eigenvalue weighted by atomic mass is 79.9. The Kier molecular flexibility index (Phi) is 5.62. The van der Waals surface area contributed by atoms with Crippen LogP contribution in [0.25, 0.3) is 0 Å². The maximum absolute atomic E-state index is 3.64. The van der Waals surface area contributed by atoms with Crippen molar-refractivity contribution in [2.24, 2.45) is 23.7 Å². The zero-order valence-electron chi connectivity index (χ0n) is 10.7. The van der Waals surface area contributed by atoms with Gasteiger partial charge in [-0.05, 0) is 36.6 Å². The van der Waals surface area contributed by atoms with Gasteiger partial charge in [0.05, 0.1) is 0 Å². The molecule has 0 saturated carbocycles. The number of halogens is 1. The molecule has 0 aromatic rings. The minimum Gasteiger partial charge on any atom is -0.303 e. The quantitative estimate of drug-likeness (QED) is 0.709. The molecule has 3 unspecified atom stereocenters. The van der Waals surface area contributed by atoms with Gasteiger partial charge in [0.15, 0.2) is 0 Å². The summed E-state index contributed by atoms with van der Waals surface area (Å²) in [5.74, 6) is 3.40. The van der Waals surface area contributed by atoms with Gasteiger partial charge in [-0.25, -0.2) is 0 Å². The van der Waals surface area contributed by atoms with Crippen LogP contribution < -0.4 is 0 Å². The molecule has 1 aliphatic heterocycles. The smallest absolute Gasteiger partial charge is 0.00743 e. The Morgan fingerprint density at radius 3 is 2.40 bits per heavy atom. The molecule has 0 aromatic carbocycles. The number of rotatable bonds is 4. The van der Waals surface area contributed by atoms with Crippen LogP contribution in [-0.2, 0) is 0 Å². The van der Waals surface area contributed by atoms with Crippen LogP contribution in [0.3, 0.4) is 0 Å². The van der Waals surface area contributed by atoms with E-state index in [9.17, 15) is 0 Å². The predicted octanol–water partition coefficient (Wildman–Crippen LogP) is 3.63. The van der Waals surface area contributed by atoms with Gasteiger partial charge in [0, 0.05) is 18.4 Å². The SMILES string of the molecule is CC(C)C(CBr)CN1CCC(C)C(C)C1. The number of hydrogen-bond acceptors (Lipinski definition) is 1. The Labute approximate surface area is 104 Å². The minimum atomic E-state index is 0.791. The van der Waals surface area contributed by atoms with Crippen molar-refractivity contribution >= 4 is 15.9 Å². The van der Waals surface area contributed by atoms with E-state index < -0.39 is 0 Å². The van der Waals surface area contributed by atoms with Crippen LogP contribution in [0, 0.1) is 23.7 Å². The zero-order valence-corrected chi connectivity index (χ0v) is 12.3. The Hall–Kier alpha value is 0.440. The summed E-state index contributed by atoms with van der Waals surface area (Å²) in [4.78, 5) is 2.66. The van der Waals surface area contributed by atoms with Crippen LogP contribution in [0.5, 0.6) is 0 Å². The minimum absolute atomic E-state index is 0.791. The average Bonchev–Trinajstić information content (AvgIpc) is 2.19. The van der Waals surface area contributed by atoms with Gasteiger partial charge >= 0.3 is 0 Å². The zero-order chi connectivity index (χ0) is 11.4. The number of alkyl halides is 1. The first-order valence-corrected chi connectivity index (χ1v) is 7.45. The van der Waals surface area contributed by atoms with Gasteiger partial charge < -0.3 is 4.90 Å². The number of hydrogen-bond donors (Lipinski definition) is 0. The summed E-state index contributed by atoms with van der Waals surface area (Å²) in [6.45, 7) is 13.4. The van der Waals surface area contributed by atoms with E-state index in [1.54, 1.807) is 0 Å². The fraction of sp³-hybridized carbons (Fsp3) is 1.00. The van der Waals surface area contributed by atoms with Crippen LogP contribution >= 0.6 is 15.9 Å². The third-order valence-corrected chi connectivity index (χ3v) is 4.88. The molecule has 1 fully saturated rings. The molecule has 0 N–H and O–H groups in total. The maximum Gasteiger partial charge on any atom is 0.00743 e. The fourth-order valence-corrected chi connectivity index (χ4v) is 3.24. The molecular weight excluding hydrogens is 250 g/mol. The Bertz CT molecular complexity index is 181. The molecule has 1 rings (SSSR count). The number of likely N-dealkylation sites (tertiary alicyclic amines) is 1. The van der Waals surface area contributed by atoms with Gasteiger partial charge in [-0.1, -0.05) is 43.6 Å². The summed E-state index contributed by atoms with van der Waals surface area (Å²) in [7, 11) is 0. The molecule has 90 valence electrons. The van der Waals surface area contributed by atoms with Crippen LogP contribution in [0.4, 0.5) is 0 Å². The van der Waals surface area contributed by atoms with E-state index in [1.807, 2.05) is 0 Å². The van der Waals surface area contributed by atoms with Crippen LogP contribution in [-0.4, -0.2) is 29.9 Å². The van der Waals surface area contributed by atoms with E-state index in [2.05, 4.69) is 48.5 Å². The molecular formula is C13H26BrN. The summed E-state index contributed by atoms with van der Waals surface area (Å²) in [5.41, 5.74) is 0. The van der Waals surface area contributed by atoms with Crippen LogP contribution in [0.15, 0.2) is 0 Å². The van der Waals surface area contributed by atoms with Crippen LogP contribution in [0.2, 0.25) is 0 Å². The lowest BCUT2D eigenvalue weighted by Gasteiger charge is -2.37. The highest BCUT2D eigenvalue weighted by molar-refractivity contribution is 9.09. The van der Waals surface area contributed by atoms with Gasteiger partial charge in [-0.2, -0.15) is 0 Å². The second-order valence-corrected chi connectivity index (χ2v) is 6.31. The summed E-state index contributed by atoms with van der Waals surface area (Å²) in [6.07, 6.45) is 1.38. The lowest BCUT2D eigenvalue weighted by molar-refractivity contribution is 0.115. The van der Waals surface area contributed by atoms with Gasteiger partial charge in [0.25, 0.3) is 0 Å². The predicted molar refractivity (Wildman–Crippen MR) is 71.5 cm³/mol. The van der Waals surface area contributed by atoms with E-state index in [0.717, 1.165) is 29.0 Å². The van der Waals surface area contributed by atoms with Crippen LogP contribution in [0.1, 0.15) is 34.1 Å². The van der Waals surface area contributed by atoms with E-state index in [-0.39, 0.29) is 0 Å². The molecule has 3 atom stereocenters. The molecule has 0 aromatic heterocycles. The fourth-order valence-electron chi connectivity index (χ4n) is 2.28. The molecule has 0 aliphatic carbocycles. The normalized spacial score (nSPS) is 30.8. The van der Waals surface area contributed by atoms with E-state index in [4.69, 9.17) is 0 Å². The van der Waals surface area contributed by atoms with Crippen molar-refractivity contribution in [2.75, 3.05) is 25.0 Å². The number of piperidine rings is 1. The van der Waals surface area contributed by atoms with Crippen molar-refractivity contribution < 1.29 is 0 Å². The second kappa shape index (κ2) is 6.24. The standard InChI is InChI=1S/C13H26BrN/c1-10(2)13(7-14)9-15-6-5-11(3)12(4)8-15/h10-13H,5-9H2,1-4H3. The molecule has 2 heteroatoms. The molecule has 1 saturated heterocycles. The highest BCUT2D eigenvalue weighted by Crippen LogP contribution is 2.24. The Balaban J connectivity index is 2.38. The Morgan fingerprint density at radius 1 is 1.27 bits per heavy atom. The molecule has 0 spiro atoms. The van der Waals surface area contributed by atoms with Gasteiger partial charge in [-0.15, -0.1) is 0 Å². The third-order valence-electron chi connectivity index (χ3n) is 4.05. The first kappa shape index (κ1) is 13.5. The molecule has 1 heterocycles. The van der Waals surface area contributed by atoms with E-state index in [1.165, 1.54) is 26.1 Å². The van der Waals surface area contributed by atoms with Gasteiger partial charge in [0.2, 0.25) is 0 Å². The van der Waals surface area contributed by atoms with Crippen molar-refractivity contribution in [1.29, 1.82) is 0 Å². The molecule has 0 amide bonds. The maximum atomic E-state index is 3.64. The topological polar surface area (TPSA) is 3.24 Å². The molecule has 1 nitrogen and oxygen atoms in total. The van der Waals surface area contributed by atoms with Crippen molar-refractivity contribution in [3.63, 3.8) is 0 Å². The first-order valence-electron chi connectivity index (χ1n) is 6.33. The van der Waals surface area contributed by atoms with E-state index in [0.29, 0.717) is 0 Å². The monoisotopic (exact) mass is 275 g/mol. The summed E-state index contributed by atoms with van der Waals surface area (Å²) in [5, 5.41) is 1.14. The van der Waals surface area contributed by atoms with Crippen molar-refractivity contribution in [3.05, 3.63) is 0 Å². The largest absolute Gasteiger partial charge is 0.303 e. The average molecular weight is 276 g/mol. The summed E-state index contributed by atoms with van der Waals surface area (Å²) >= 11 is 3.64. The first-order chi connectivity index (χ1) is 7.04. The summed E-state index contributed by atoms with van der Waals surface area (Å²) < 4.78 is 0. The van der Waals surface area contributed by atoms with Gasteiger partial charge in [0.1, 0.15) is 0 Å². The Morgan fingerprint density at radius 2 is 1.93 bits per heavy atom. The molecule has 1 aliphatic rings. The summed E-state index contributed by atoms with van der Waals surface area (Å²) in [6, 6.07) is 0. The second-order valence-electron chi connectivity index (χ2n) is 5.66. The van der Waals surface area contributed by atoms with Crippen molar-refractivity contribution in [3.8, 4) is 0 Å². The van der Waals surface area contributed by atoms with E-state index >= 15 is 0 Å². The highest BCUT2D eigenvalue weighted by Gasteiger charge is 2.24. The number of nitrogens with zero attached hydrogens (tertiary/aromatic N) is 1.